The van der Waals surface area contributed by atoms with Crippen LogP contribution < -0.4 is 10.0 Å². The molecule has 0 radical (unpaired) electrons. The number of amides is 1. The second kappa shape index (κ2) is 10.9. The Hall–Kier alpha value is -2.46. The Morgan fingerprint density at radius 3 is 2.28 bits per heavy atom. The molecule has 2 atom stereocenters. The van der Waals surface area contributed by atoms with Gasteiger partial charge in [-0.3, -0.25) is 9.59 Å². The van der Waals surface area contributed by atoms with Gasteiger partial charge in [0, 0.05) is 18.2 Å². The summed E-state index contributed by atoms with van der Waals surface area (Å²) in [6.45, 7) is 0.793. The lowest BCUT2D eigenvalue weighted by Gasteiger charge is -2.16. The number of carbonyl (C=O) groups is 2. The van der Waals surface area contributed by atoms with Gasteiger partial charge >= 0.3 is 5.97 Å². The van der Waals surface area contributed by atoms with E-state index in [0.29, 0.717) is 24.5 Å². The molecule has 0 spiro atoms. The van der Waals surface area contributed by atoms with Gasteiger partial charge in [0.1, 0.15) is 12.1 Å². The minimum Gasteiger partial charge on any atom is -0.480 e. The van der Waals surface area contributed by atoms with Crippen LogP contribution in [0.3, 0.4) is 0 Å². The molecule has 1 aliphatic heterocycles. The number of nitrogens with one attached hydrogen (secondary N) is 2. The van der Waals surface area contributed by atoms with Crippen molar-refractivity contribution < 1.29 is 27.9 Å². The van der Waals surface area contributed by atoms with E-state index in [9.17, 15) is 23.1 Å². The second-order valence-electron chi connectivity index (χ2n) is 7.48. The van der Waals surface area contributed by atoms with Crippen LogP contribution in [-0.2, 0) is 24.3 Å². The molecule has 3 N–H and O–H groups in total. The van der Waals surface area contributed by atoms with Gasteiger partial charge in [-0.25, -0.2) is 8.42 Å². The van der Waals surface area contributed by atoms with Crippen molar-refractivity contribution in [2.24, 2.45) is 0 Å². The van der Waals surface area contributed by atoms with Crippen LogP contribution in [0, 0.1) is 0 Å². The molecule has 1 heterocycles. The highest BCUT2D eigenvalue weighted by molar-refractivity contribution is 7.89. The first-order valence-electron chi connectivity index (χ1n) is 10.3. The Labute approximate surface area is 192 Å². The van der Waals surface area contributed by atoms with Crippen molar-refractivity contribution in [2.75, 3.05) is 13.2 Å². The molecule has 2 aromatic carbocycles. The van der Waals surface area contributed by atoms with Gasteiger partial charge in [0.15, 0.2) is 0 Å². The van der Waals surface area contributed by atoms with Crippen molar-refractivity contribution in [3.63, 3.8) is 0 Å². The van der Waals surface area contributed by atoms with Crippen LogP contribution in [0.1, 0.15) is 25.7 Å². The monoisotopic (exact) mass is 480 g/mol. The number of hydrogen-bond acceptors (Lipinski definition) is 5. The zero-order valence-corrected chi connectivity index (χ0v) is 18.9. The normalized spacial score (nSPS) is 17.1. The molecule has 0 bridgehead atoms. The lowest BCUT2D eigenvalue weighted by atomic mass is 10.1. The molecule has 2 aromatic rings. The van der Waals surface area contributed by atoms with Crippen LogP contribution in [0.15, 0.2) is 53.4 Å². The van der Waals surface area contributed by atoms with E-state index in [2.05, 4.69) is 10.0 Å². The van der Waals surface area contributed by atoms with Crippen molar-refractivity contribution in [3.05, 3.63) is 53.6 Å². The third kappa shape index (κ3) is 6.52. The number of sulfonamides is 1. The molecular weight excluding hydrogens is 456 g/mol. The maximum Gasteiger partial charge on any atom is 0.321 e. The van der Waals surface area contributed by atoms with E-state index < -0.39 is 28.1 Å². The summed E-state index contributed by atoms with van der Waals surface area (Å²) in [5.74, 6) is -1.51. The Balaban J connectivity index is 1.56. The van der Waals surface area contributed by atoms with Crippen molar-refractivity contribution in [2.45, 2.75) is 42.7 Å². The second-order valence-corrected chi connectivity index (χ2v) is 9.63. The molecule has 1 amide bonds. The average Bonchev–Trinajstić information content (AvgIpc) is 3.31. The number of carboxylic acids is 1. The highest BCUT2D eigenvalue weighted by Crippen LogP contribution is 2.23. The Morgan fingerprint density at radius 2 is 1.72 bits per heavy atom. The summed E-state index contributed by atoms with van der Waals surface area (Å²) in [4.78, 5) is 23.4. The minimum absolute atomic E-state index is 0.0310. The van der Waals surface area contributed by atoms with Crippen LogP contribution in [0.2, 0.25) is 5.02 Å². The van der Waals surface area contributed by atoms with Crippen molar-refractivity contribution >= 4 is 33.5 Å². The number of benzene rings is 2. The van der Waals surface area contributed by atoms with Gasteiger partial charge in [-0.15, -0.1) is 0 Å². The third-order valence-electron chi connectivity index (χ3n) is 5.13. The van der Waals surface area contributed by atoms with Gasteiger partial charge in [0.05, 0.1) is 4.90 Å². The van der Waals surface area contributed by atoms with Crippen LogP contribution in [0.4, 0.5) is 0 Å². The third-order valence-corrected chi connectivity index (χ3v) is 6.87. The zero-order chi connectivity index (χ0) is 23.1. The molecule has 1 fully saturated rings. The summed E-state index contributed by atoms with van der Waals surface area (Å²) >= 11 is 5.89. The van der Waals surface area contributed by atoms with Gasteiger partial charge in [-0.1, -0.05) is 35.9 Å². The smallest absolute Gasteiger partial charge is 0.321 e. The van der Waals surface area contributed by atoms with Crippen molar-refractivity contribution in [1.82, 2.24) is 10.0 Å². The Morgan fingerprint density at radius 1 is 1.09 bits per heavy atom. The summed E-state index contributed by atoms with van der Waals surface area (Å²) in [7, 11) is -4.04. The van der Waals surface area contributed by atoms with Gasteiger partial charge in [0.25, 0.3) is 0 Å². The quantitative estimate of drug-likeness (QED) is 0.449. The van der Waals surface area contributed by atoms with Crippen LogP contribution in [-0.4, -0.2) is 50.7 Å². The number of aliphatic carboxylic acids is 1. The molecule has 3 rings (SSSR count). The van der Waals surface area contributed by atoms with Gasteiger partial charge in [-0.2, -0.15) is 4.72 Å². The topological polar surface area (TPSA) is 122 Å². The lowest BCUT2D eigenvalue weighted by molar-refractivity contribution is -0.139. The molecule has 0 aromatic heterocycles. The summed E-state index contributed by atoms with van der Waals surface area (Å²) in [5.41, 5.74) is 1.68. The maximum absolute atomic E-state index is 12.7. The first-order chi connectivity index (χ1) is 15.3. The van der Waals surface area contributed by atoms with E-state index in [1.807, 2.05) is 12.1 Å². The number of carbonyl (C=O) groups excluding carboxylic acids is 1. The number of ether oxygens (including phenoxy) is 1. The number of hydrogen-bond donors (Lipinski definition) is 3. The summed E-state index contributed by atoms with van der Waals surface area (Å²) in [6.07, 6.45) is 1.37. The minimum atomic E-state index is -4.04. The summed E-state index contributed by atoms with van der Waals surface area (Å²) in [5, 5.41) is 12.7. The van der Waals surface area contributed by atoms with Crippen LogP contribution >= 0.6 is 11.6 Å². The molecule has 8 nitrogen and oxygen atoms in total. The molecule has 0 aliphatic carbocycles. The van der Waals surface area contributed by atoms with E-state index >= 15 is 0 Å². The van der Waals surface area contributed by atoms with E-state index in [-0.39, 0.29) is 23.8 Å². The highest BCUT2D eigenvalue weighted by Gasteiger charge is 2.26. The van der Waals surface area contributed by atoms with Gasteiger partial charge < -0.3 is 15.2 Å². The Kier molecular flexibility index (Phi) is 8.25. The molecule has 0 saturated carbocycles. The molecule has 172 valence electrons. The first kappa shape index (κ1) is 24.2. The fraction of sp³-hybridized carbons (Fsp3) is 0.364. The zero-order valence-electron chi connectivity index (χ0n) is 17.3. The van der Waals surface area contributed by atoms with E-state index in [4.69, 9.17) is 16.3 Å². The SMILES string of the molecule is O=C(NCCC[C@H](NS(=O)(=O)c1ccc(-c2ccc(Cl)cc2)cc1)C(=O)O)C1CCCO1. The van der Waals surface area contributed by atoms with Gasteiger partial charge in [0.2, 0.25) is 15.9 Å². The highest BCUT2D eigenvalue weighted by atomic mass is 35.5. The van der Waals surface area contributed by atoms with Crippen molar-refractivity contribution in [1.29, 1.82) is 0 Å². The van der Waals surface area contributed by atoms with Crippen LogP contribution in [0.25, 0.3) is 11.1 Å². The molecular formula is C22H25ClN2O6S. The fourth-order valence-electron chi connectivity index (χ4n) is 3.37. The van der Waals surface area contributed by atoms with Crippen molar-refractivity contribution in [3.8, 4) is 11.1 Å². The maximum atomic E-state index is 12.7. The first-order valence-corrected chi connectivity index (χ1v) is 12.1. The summed E-state index contributed by atoms with van der Waals surface area (Å²) < 4.78 is 32.9. The molecule has 32 heavy (non-hydrogen) atoms. The average molecular weight is 481 g/mol. The fourth-order valence-corrected chi connectivity index (χ4v) is 4.72. The lowest BCUT2D eigenvalue weighted by Crippen LogP contribution is -2.41. The molecule has 10 heteroatoms. The van der Waals surface area contributed by atoms with Crippen LogP contribution in [0.5, 0.6) is 0 Å². The number of rotatable bonds is 10. The molecule has 1 aliphatic rings. The van der Waals surface area contributed by atoms with E-state index in [1.165, 1.54) is 12.1 Å². The number of carboxylic acid groups (broad SMARTS) is 1. The van der Waals surface area contributed by atoms with E-state index in [1.54, 1.807) is 24.3 Å². The Bertz CT molecular complexity index is 1040. The summed E-state index contributed by atoms with van der Waals surface area (Å²) in [6, 6.07) is 12.0. The predicted octanol–water partition coefficient (Wildman–Crippen LogP) is 2.81. The molecule has 1 saturated heterocycles. The van der Waals surface area contributed by atoms with E-state index in [0.717, 1.165) is 17.5 Å². The predicted molar refractivity (Wildman–Crippen MR) is 120 cm³/mol. The standard InChI is InChI=1S/C22H25ClN2O6S/c23-17-9-5-15(6-10-17)16-7-11-18(12-8-16)32(29,30)25-19(22(27)28)3-1-13-24-21(26)20-4-2-14-31-20/h5-12,19-20,25H,1-4,13-14H2,(H,24,26)(H,27,28)/t19-,20?/m0/s1. The molecule has 1 unspecified atom stereocenters. The number of halogens is 1. The van der Waals surface area contributed by atoms with Gasteiger partial charge in [-0.05, 0) is 61.1 Å². The largest absolute Gasteiger partial charge is 0.480 e.